The number of rotatable bonds is 4. The molecule has 114 valence electrons. The van der Waals surface area contributed by atoms with Crippen LogP contribution in [-0.4, -0.2) is 40.4 Å². The number of hydrogen-bond donors (Lipinski definition) is 1. The Kier molecular flexibility index (Phi) is 4.12. The number of aromatic nitrogens is 1. The average Bonchev–Trinajstić information content (AvgIpc) is 3.03. The maximum absolute atomic E-state index is 12.0. The third-order valence-corrected chi connectivity index (χ3v) is 4.96. The number of hydrogen-bond acceptors (Lipinski definition) is 6. The van der Waals surface area contributed by atoms with E-state index in [0.717, 1.165) is 20.0 Å². The fourth-order valence-electron chi connectivity index (χ4n) is 2.19. The number of thiazole rings is 1. The van der Waals surface area contributed by atoms with E-state index in [-0.39, 0.29) is 31.2 Å². The van der Waals surface area contributed by atoms with Crippen molar-refractivity contribution in [3.05, 3.63) is 18.2 Å². The predicted molar refractivity (Wildman–Crippen MR) is 86.0 cm³/mol. The summed E-state index contributed by atoms with van der Waals surface area (Å²) in [5, 5.41) is 3.12. The Balaban J connectivity index is 1.71. The Morgan fingerprint density at radius 1 is 1.36 bits per heavy atom. The van der Waals surface area contributed by atoms with Crippen LogP contribution >= 0.6 is 23.1 Å². The fourth-order valence-corrected chi connectivity index (χ4v) is 3.62. The number of imide groups is 1. The zero-order valence-electron chi connectivity index (χ0n) is 11.8. The average molecular weight is 335 g/mol. The lowest BCUT2D eigenvalue weighted by Crippen LogP contribution is -2.36. The number of fused-ring (bicyclic) bond motifs is 1. The molecule has 0 bridgehead atoms. The normalized spacial score (nSPS) is 14.9. The molecule has 1 N–H and O–H groups in total. The number of benzene rings is 1. The van der Waals surface area contributed by atoms with Crippen LogP contribution in [0.1, 0.15) is 12.8 Å². The molecule has 22 heavy (non-hydrogen) atoms. The predicted octanol–water partition coefficient (Wildman–Crippen LogP) is 2.11. The summed E-state index contributed by atoms with van der Waals surface area (Å²) in [6.07, 6.45) is 2.37. The van der Waals surface area contributed by atoms with E-state index in [2.05, 4.69) is 10.3 Å². The number of nitrogens with zero attached hydrogens (tertiary/aromatic N) is 2. The summed E-state index contributed by atoms with van der Waals surface area (Å²) in [6, 6.07) is 5.89. The van der Waals surface area contributed by atoms with Gasteiger partial charge in [0.2, 0.25) is 17.7 Å². The summed E-state index contributed by atoms with van der Waals surface area (Å²) in [5.41, 5.74) is 0.812. The Morgan fingerprint density at radius 2 is 2.09 bits per heavy atom. The molecule has 1 aliphatic rings. The third kappa shape index (κ3) is 2.97. The second-order valence-electron chi connectivity index (χ2n) is 4.77. The van der Waals surface area contributed by atoms with E-state index in [1.807, 2.05) is 24.5 Å². The highest BCUT2D eigenvalue weighted by Gasteiger charge is 2.30. The summed E-state index contributed by atoms with van der Waals surface area (Å²) in [7, 11) is 0. The summed E-state index contributed by atoms with van der Waals surface area (Å²) in [5.74, 6) is -1.00. The quantitative estimate of drug-likeness (QED) is 0.684. The lowest BCUT2D eigenvalue weighted by Gasteiger charge is -2.12. The number of carbonyl (C=O) groups is 3. The first-order valence-electron chi connectivity index (χ1n) is 6.64. The molecule has 2 heterocycles. The van der Waals surface area contributed by atoms with Gasteiger partial charge in [-0.25, -0.2) is 4.98 Å². The van der Waals surface area contributed by atoms with Crippen molar-refractivity contribution in [2.24, 2.45) is 0 Å². The van der Waals surface area contributed by atoms with Crippen LogP contribution in [0.4, 0.5) is 5.13 Å². The lowest BCUT2D eigenvalue weighted by atomic mass is 10.3. The molecule has 1 aliphatic heterocycles. The van der Waals surface area contributed by atoms with E-state index in [0.29, 0.717) is 5.13 Å². The zero-order valence-corrected chi connectivity index (χ0v) is 13.4. The molecule has 3 rings (SSSR count). The number of nitrogens with one attached hydrogen (secondary N) is 1. The van der Waals surface area contributed by atoms with Crippen LogP contribution in [0.25, 0.3) is 10.2 Å². The van der Waals surface area contributed by atoms with Gasteiger partial charge in [-0.1, -0.05) is 11.3 Å². The van der Waals surface area contributed by atoms with Crippen molar-refractivity contribution < 1.29 is 14.4 Å². The number of carbonyl (C=O) groups excluding carboxylic acids is 3. The van der Waals surface area contributed by atoms with Crippen molar-refractivity contribution >= 4 is 56.2 Å². The first-order valence-corrected chi connectivity index (χ1v) is 8.68. The van der Waals surface area contributed by atoms with Crippen molar-refractivity contribution in [3.8, 4) is 0 Å². The van der Waals surface area contributed by atoms with E-state index >= 15 is 0 Å². The van der Waals surface area contributed by atoms with Gasteiger partial charge in [0, 0.05) is 17.7 Å². The maximum Gasteiger partial charge on any atom is 0.246 e. The standard InChI is InChI=1S/C14H13N3O3S2/c1-21-8-2-3-9-10(6-8)22-14(15-9)16-11(18)7-17-12(19)4-5-13(17)20/h2-3,6H,4-5,7H2,1H3,(H,15,16,18). The number of amides is 3. The van der Waals surface area contributed by atoms with Crippen molar-refractivity contribution in [1.82, 2.24) is 9.88 Å². The monoisotopic (exact) mass is 335 g/mol. The van der Waals surface area contributed by atoms with Gasteiger partial charge < -0.3 is 5.32 Å². The van der Waals surface area contributed by atoms with Crippen LogP contribution in [-0.2, 0) is 14.4 Å². The second kappa shape index (κ2) is 6.05. The molecule has 6 nitrogen and oxygen atoms in total. The molecule has 0 spiro atoms. The molecule has 1 aromatic carbocycles. The molecule has 0 atom stereocenters. The lowest BCUT2D eigenvalue weighted by molar-refractivity contribution is -0.141. The zero-order chi connectivity index (χ0) is 15.7. The van der Waals surface area contributed by atoms with Crippen LogP contribution in [0.3, 0.4) is 0 Å². The Labute approximate surface area is 134 Å². The Bertz CT molecular complexity index is 756. The van der Waals surface area contributed by atoms with Gasteiger partial charge in [-0.3, -0.25) is 19.3 Å². The highest BCUT2D eigenvalue weighted by molar-refractivity contribution is 7.98. The van der Waals surface area contributed by atoms with Crippen molar-refractivity contribution in [2.75, 3.05) is 18.1 Å². The molecule has 0 unspecified atom stereocenters. The van der Waals surface area contributed by atoms with E-state index in [4.69, 9.17) is 0 Å². The molecule has 1 aromatic heterocycles. The van der Waals surface area contributed by atoms with Gasteiger partial charge in [-0.15, -0.1) is 11.8 Å². The van der Waals surface area contributed by atoms with E-state index in [9.17, 15) is 14.4 Å². The van der Waals surface area contributed by atoms with Gasteiger partial charge >= 0.3 is 0 Å². The van der Waals surface area contributed by atoms with Gasteiger partial charge in [0.1, 0.15) is 6.54 Å². The van der Waals surface area contributed by atoms with E-state index < -0.39 is 5.91 Å². The van der Waals surface area contributed by atoms with Crippen LogP contribution in [0.2, 0.25) is 0 Å². The fraction of sp³-hybridized carbons (Fsp3) is 0.286. The van der Waals surface area contributed by atoms with Crippen molar-refractivity contribution in [2.45, 2.75) is 17.7 Å². The van der Waals surface area contributed by atoms with Crippen LogP contribution in [0.15, 0.2) is 23.1 Å². The van der Waals surface area contributed by atoms with Gasteiger partial charge in [0.15, 0.2) is 5.13 Å². The summed E-state index contributed by atoms with van der Waals surface area (Å²) in [4.78, 5) is 41.4. The van der Waals surface area contributed by atoms with E-state index in [1.54, 1.807) is 11.8 Å². The summed E-state index contributed by atoms with van der Waals surface area (Å²) < 4.78 is 0.982. The minimum Gasteiger partial charge on any atom is -0.300 e. The summed E-state index contributed by atoms with van der Waals surface area (Å²) >= 11 is 3.01. The molecule has 0 saturated carbocycles. The molecule has 0 radical (unpaired) electrons. The number of thioether (sulfide) groups is 1. The van der Waals surface area contributed by atoms with Gasteiger partial charge in [-0.05, 0) is 24.5 Å². The molecule has 3 amide bonds. The summed E-state index contributed by atoms with van der Waals surface area (Å²) in [6.45, 7) is -0.246. The van der Waals surface area contributed by atoms with Crippen LogP contribution in [0.5, 0.6) is 0 Å². The molecular weight excluding hydrogens is 322 g/mol. The van der Waals surface area contributed by atoms with Crippen molar-refractivity contribution in [3.63, 3.8) is 0 Å². The SMILES string of the molecule is CSc1ccc2nc(NC(=O)CN3C(=O)CCC3=O)sc2c1. The third-order valence-electron chi connectivity index (χ3n) is 3.30. The minimum atomic E-state index is -0.409. The largest absolute Gasteiger partial charge is 0.300 e. The first-order chi connectivity index (χ1) is 10.6. The molecule has 0 aliphatic carbocycles. The molecule has 1 fully saturated rings. The topological polar surface area (TPSA) is 79.4 Å². The van der Waals surface area contributed by atoms with Gasteiger partial charge in [-0.2, -0.15) is 0 Å². The first kappa shape index (κ1) is 15.0. The van der Waals surface area contributed by atoms with E-state index in [1.165, 1.54) is 11.3 Å². The smallest absolute Gasteiger partial charge is 0.246 e. The molecular formula is C14H13N3O3S2. The van der Waals surface area contributed by atoms with Gasteiger partial charge in [0.25, 0.3) is 0 Å². The minimum absolute atomic E-state index is 0.185. The maximum atomic E-state index is 12.0. The Hall–Kier alpha value is -1.93. The second-order valence-corrected chi connectivity index (χ2v) is 6.68. The molecule has 2 aromatic rings. The van der Waals surface area contributed by atoms with Crippen LogP contribution < -0.4 is 5.32 Å². The number of anilines is 1. The highest BCUT2D eigenvalue weighted by Crippen LogP contribution is 2.29. The number of likely N-dealkylation sites (tertiary alicyclic amines) is 1. The molecule has 1 saturated heterocycles. The van der Waals surface area contributed by atoms with Gasteiger partial charge in [0.05, 0.1) is 10.2 Å². The van der Waals surface area contributed by atoms with Crippen LogP contribution in [0, 0.1) is 0 Å². The highest BCUT2D eigenvalue weighted by atomic mass is 32.2. The molecule has 8 heteroatoms. The Morgan fingerprint density at radius 3 is 2.77 bits per heavy atom. The van der Waals surface area contributed by atoms with Crippen molar-refractivity contribution in [1.29, 1.82) is 0 Å².